The second kappa shape index (κ2) is 12.4. The maximum absolute atomic E-state index is 14.6. The number of rotatable bonds is 10. The first-order valence-electron chi connectivity index (χ1n) is 16.2. The Labute approximate surface area is 277 Å². The molecule has 3 heterocycles. The monoisotopic (exact) mass is 684 g/mol. The number of carboxylic acid groups (broad SMARTS) is 1. The van der Waals surface area contributed by atoms with E-state index in [1.165, 1.54) is 33.5 Å². The molecule has 2 saturated carbocycles. The predicted octanol–water partition coefficient (Wildman–Crippen LogP) is 0.0722. The van der Waals surface area contributed by atoms with E-state index in [1.54, 1.807) is 26.8 Å². The number of ether oxygens (including phenoxy) is 4. The maximum atomic E-state index is 14.6. The molecule has 4 aliphatic rings. The number of furan rings is 1. The van der Waals surface area contributed by atoms with Crippen LogP contribution in [-0.4, -0.2) is 121 Å². The van der Waals surface area contributed by atoms with E-state index < -0.39 is 119 Å². The molecule has 270 valence electrons. The highest BCUT2D eigenvalue weighted by atomic mass is 16.7. The van der Waals surface area contributed by atoms with Crippen molar-refractivity contribution >= 4 is 17.7 Å². The maximum Gasteiger partial charge on any atom is 0.335 e. The molecule has 0 amide bonds. The zero-order valence-corrected chi connectivity index (χ0v) is 27.9. The molecule has 4 fully saturated rings. The summed E-state index contributed by atoms with van der Waals surface area (Å²) in [6, 6.07) is 1.55. The average molecular weight is 685 g/mol. The predicted molar refractivity (Wildman–Crippen MR) is 161 cm³/mol. The van der Waals surface area contributed by atoms with Crippen LogP contribution in [0.15, 0.2) is 23.0 Å². The molecule has 1 unspecified atom stereocenters. The van der Waals surface area contributed by atoms with Gasteiger partial charge in [-0.1, -0.05) is 13.8 Å². The topological polar surface area (TPSA) is 246 Å². The molecule has 0 bridgehead atoms. The van der Waals surface area contributed by atoms with E-state index in [0.717, 1.165) is 0 Å². The zero-order chi connectivity index (χ0) is 35.8. The average Bonchev–Trinajstić information content (AvgIpc) is 3.59. The Morgan fingerprint density at radius 1 is 1.12 bits per heavy atom. The van der Waals surface area contributed by atoms with Crippen LogP contribution in [0.3, 0.4) is 0 Å². The lowest BCUT2D eigenvalue weighted by atomic mass is 9.37. The van der Waals surface area contributed by atoms with Gasteiger partial charge in [-0.15, -0.1) is 0 Å². The second-order valence-corrected chi connectivity index (χ2v) is 15.0. The van der Waals surface area contributed by atoms with Crippen molar-refractivity contribution in [1.82, 2.24) is 0 Å². The molecule has 2 saturated heterocycles. The zero-order valence-electron chi connectivity index (χ0n) is 27.9. The quantitative estimate of drug-likeness (QED) is 0.127. The van der Waals surface area contributed by atoms with Gasteiger partial charge in [-0.3, -0.25) is 9.59 Å². The van der Waals surface area contributed by atoms with Crippen LogP contribution >= 0.6 is 0 Å². The summed E-state index contributed by atoms with van der Waals surface area (Å²) in [7, 11) is 1.18. The Morgan fingerprint density at radius 3 is 2.31 bits per heavy atom. The molecule has 2 aliphatic carbocycles. The van der Waals surface area contributed by atoms with Crippen LogP contribution in [-0.2, 0) is 33.3 Å². The van der Waals surface area contributed by atoms with Gasteiger partial charge in [0.05, 0.1) is 55.9 Å². The third-order valence-electron chi connectivity index (χ3n) is 12.3. The van der Waals surface area contributed by atoms with Crippen LogP contribution < -0.4 is 0 Å². The number of fused-ring (bicyclic) bond motifs is 2. The summed E-state index contributed by atoms with van der Waals surface area (Å²) in [6.07, 6.45) is -10.0. The number of aliphatic carboxylic acids is 1. The van der Waals surface area contributed by atoms with Gasteiger partial charge in [0.1, 0.15) is 35.8 Å². The van der Waals surface area contributed by atoms with E-state index in [0.29, 0.717) is 5.56 Å². The highest BCUT2D eigenvalue weighted by Gasteiger charge is 2.86. The van der Waals surface area contributed by atoms with E-state index in [9.17, 15) is 50.1 Å². The van der Waals surface area contributed by atoms with E-state index >= 15 is 0 Å². The van der Waals surface area contributed by atoms with Gasteiger partial charge in [0.2, 0.25) is 0 Å². The highest BCUT2D eigenvalue weighted by molar-refractivity contribution is 5.92. The third-order valence-corrected chi connectivity index (χ3v) is 12.3. The normalized spacial score (nSPS) is 44.1. The summed E-state index contributed by atoms with van der Waals surface area (Å²) in [5.74, 6) is -4.14. The fourth-order valence-corrected chi connectivity index (χ4v) is 9.77. The van der Waals surface area contributed by atoms with Gasteiger partial charge < -0.3 is 59.1 Å². The lowest BCUT2D eigenvalue weighted by Crippen LogP contribution is -2.72. The molecule has 15 heteroatoms. The van der Waals surface area contributed by atoms with Crippen LogP contribution in [0.4, 0.5) is 0 Å². The lowest BCUT2D eigenvalue weighted by Gasteiger charge is -2.66. The number of aliphatic hydroxyl groups is 6. The van der Waals surface area contributed by atoms with Crippen LogP contribution in [0, 0.1) is 28.1 Å². The fraction of sp³-hybridized carbons (Fsp3) is 0.788. The Bertz CT molecular complexity index is 1370. The summed E-state index contributed by atoms with van der Waals surface area (Å²) < 4.78 is 28.5. The number of methoxy groups -OCH3 is 1. The first kappa shape index (κ1) is 36.8. The van der Waals surface area contributed by atoms with Crippen molar-refractivity contribution in [2.45, 2.75) is 121 Å². The summed E-state index contributed by atoms with van der Waals surface area (Å²) in [4.78, 5) is 40.0. The molecule has 1 aromatic heterocycles. The third kappa shape index (κ3) is 5.16. The minimum absolute atomic E-state index is 0.108. The van der Waals surface area contributed by atoms with Crippen molar-refractivity contribution in [1.29, 1.82) is 0 Å². The van der Waals surface area contributed by atoms with Gasteiger partial charge in [0.15, 0.2) is 12.4 Å². The largest absolute Gasteiger partial charge is 0.479 e. The van der Waals surface area contributed by atoms with Crippen LogP contribution in [0.25, 0.3) is 0 Å². The van der Waals surface area contributed by atoms with Gasteiger partial charge in [-0.25, -0.2) is 4.79 Å². The highest BCUT2D eigenvalue weighted by Crippen LogP contribution is 2.77. The Kier molecular flexibility index (Phi) is 9.50. The van der Waals surface area contributed by atoms with Gasteiger partial charge >= 0.3 is 11.9 Å². The van der Waals surface area contributed by atoms with E-state index in [1.807, 2.05) is 0 Å². The van der Waals surface area contributed by atoms with Crippen molar-refractivity contribution < 1.29 is 73.5 Å². The van der Waals surface area contributed by atoms with E-state index in [2.05, 4.69) is 0 Å². The summed E-state index contributed by atoms with van der Waals surface area (Å²) in [5.41, 5.74) is -7.33. The molecule has 15 nitrogen and oxygen atoms in total. The molecule has 5 rings (SSSR count). The standard InChI is InChI=1S/C33H48O15/c1-29(2,43)18-11-20(36)32(5)17(31(18,4)19(35)12-21(37)44-6)7-9-30(3,33(32)26(48-33)27(41)42)25(15-8-10-45-14-15)47-28-24(40)23(39)22(38)16(13-34)46-28/h8,10,14,16-19,22-26,28,34-35,38-40,43H,7,9,11-13H2,1-6H3,(H,41,42)/t16-,17?,18+,19+,22-,23+,24-,25+,26+,28+,30+,31-,32+,33-/m1/s1. The molecule has 1 spiro atoms. The first-order chi connectivity index (χ1) is 22.3. The van der Waals surface area contributed by atoms with Crippen molar-refractivity contribution in [3.8, 4) is 0 Å². The summed E-state index contributed by atoms with van der Waals surface area (Å²) >= 11 is 0. The summed E-state index contributed by atoms with van der Waals surface area (Å²) in [5, 5.41) is 75.2. The Hall–Kier alpha value is -2.47. The number of epoxide rings is 1. The molecule has 2 aliphatic heterocycles. The molecular weight excluding hydrogens is 636 g/mol. The van der Waals surface area contributed by atoms with Gasteiger partial charge in [0.25, 0.3) is 0 Å². The molecular formula is C33H48O15. The SMILES string of the molecule is COC(=O)C[C@H](O)[C@]1(C)C2CC[C@@](C)([C@@H](O[C@@H]3O[C@H](CO)[C@@H](O)[C@H](O)[C@H]3O)c3ccoc3)[C@@]3(O[C@H]3C(=O)O)[C@]2(C)C(=O)C[C@H]1C(C)(C)O. The van der Waals surface area contributed by atoms with E-state index in [4.69, 9.17) is 23.4 Å². The fourth-order valence-electron chi connectivity index (χ4n) is 9.77. The first-order valence-corrected chi connectivity index (χ1v) is 16.2. The number of carboxylic acids is 1. The molecule has 48 heavy (non-hydrogen) atoms. The van der Waals surface area contributed by atoms with E-state index in [-0.39, 0.29) is 19.3 Å². The molecule has 1 aromatic rings. The number of ketones is 1. The number of hydrogen-bond donors (Lipinski definition) is 7. The van der Waals surface area contributed by atoms with Gasteiger partial charge in [-0.2, -0.15) is 0 Å². The van der Waals surface area contributed by atoms with Crippen molar-refractivity contribution in [2.24, 2.45) is 28.1 Å². The number of esters is 1. The van der Waals surface area contributed by atoms with Crippen molar-refractivity contribution in [3.05, 3.63) is 24.2 Å². The molecule has 14 atom stereocenters. The minimum Gasteiger partial charge on any atom is -0.479 e. The number of carbonyl (C=O) groups is 3. The Balaban J connectivity index is 1.67. The van der Waals surface area contributed by atoms with Crippen LogP contribution in [0.1, 0.15) is 72.0 Å². The van der Waals surface area contributed by atoms with Gasteiger partial charge in [-0.05, 0) is 45.6 Å². The number of hydrogen-bond acceptors (Lipinski definition) is 14. The van der Waals surface area contributed by atoms with Crippen LogP contribution in [0.5, 0.6) is 0 Å². The molecule has 0 aromatic carbocycles. The lowest BCUT2D eigenvalue weighted by molar-refractivity contribution is -0.328. The van der Waals surface area contributed by atoms with Crippen molar-refractivity contribution in [2.75, 3.05) is 13.7 Å². The minimum atomic E-state index is -1.81. The van der Waals surface area contributed by atoms with Crippen LogP contribution in [0.2, 0.25) is 0 Å². The second-order valence-electron chi connectivity index (χ2n) is 15.0. The van der Waals surface area contributed by atoms with Gasteiger partial charge in [0, 0.05) is 28.7 Å². The Morgan fingerprint density at radius 2 is 1.79 bits per heavy atom. The molecule has 7 N–H and O–H groups in total. The molecule has 0 radical (unpaired) electrons. The number of Topliss-reactive ketones (excluding diaryl/α,β-unsaturated/α-hetero) is 1. The summed E-state index contributed by atoms with van der Waals surface area (Å²) in [6.45, 7) is 7.33. The number of aliphatic hydroxyl groups excluding tert-OH is 5. The number of carbonyl (C=O) groups excluding carboxylic acids is 2. The van der Waals surface area contributed by atoms with Crippen molar-refractivity contribution in [3.63, 3.8) is 0 Å². The smallest absolute Gasteiger partial charge is 0.335 e.